The van der Waals surface area contributed by atoms with Crippen molar-refractivity contribution in [2.45, 2.75) is 12.7 Å². The Kier molecular flexibility index (Phi) is 5.34. The number of para-hydroxylation sites is 1. The number of carbonyl (C=O) groups excluding carboxylic acids is 1. The van der Waals surface area contributed by atoms with Crippen molar-refractivity contribution in [3.8, 4) is 17.1 Å². The van der Waals surface area contributed by atoms with Crippen molar-refractivity contribution in [1.82, 2.24) is 10.5 Å². The average molecular weight is 394 g/mol. The van der Waals surface area contributed by atoms with E-state index in [4.69, 9.17) is 9.26 Å². The second kappa shape index (κ2) is 7.71. The van der Waals surface area contributed by atoms with E-state index in [1.54, 1.807) is 24.3 Å². The third kappa shape index (κ3) is 4.13. The number of ether oxygens (including phenoxy) is 1. The number of nitrogens with one attached hydrogen (secondary N) is 1. The molecule has 146 valence electrons. The molecule has 0 aliphatic rings. The van der Waals surface area contributed by atoms with Gasteiger partial charge in [0.2, 0.25) is 0 Å². The van der Waals surface area contributed by atoms with Gasteiger partial charge in [-0.05, 0) is 29.8 Å². The molecule has 1 heterocycles. The molecule has 3 rings (SSSR count). The Bertz CT molecular complexity index is 999. The second-order valence-electron chi connectivity index (χ2n) is 5.76. The molecule has 0 atom stereocenters. The number of methoxy groups -OCH3 is 1. The van der Waals surface area contributed by atoms with Crippen LogP contribution in [-0.2, 0) is 12.7 Å². The SMILES string of the molecule is COc1ccccc1-c1cc(C(=O)NCc2ccc(F)cc2C(F)(F)F)no1. The molecular weight excluding hydrogens is 380 g/mol. The summed E-state index contributed by atoms with van der Waals surface area (Å²) in [5, 5.41) is 5.97. The molecule has 5 nitrogen and oxygen atoms in total. The van der Waals surface area contributed by atoms with E-state index >= 15 is 0 Å². The van der Waals surface area contributed by atoms with E-state index in [9.17, 15) is 22.4 Å². The molecule has 1 aromatic heterocycles. The highest BCUT2D eigenvalue weighted by atomic mass is 19.4. The van der Waals surface area contributed by atoms with E-state index in [1.165, 1.54) is 13.2 Å². The summed E-state index contributed by atoms with van der Waals surface area (Å²) >= 11 is 0. The van der Waals surface area contributed by atoms with Gasteiger partial charge in [-0.1, -0.05) is 23.4 Å². The highest BCUT2D eigenvalue weighted by molar-refractivity contribution is 5.93. The van der Waals surface area contributed by atoms with Crippen LogP contribution in [0.25, 0.3) is 11.3 Å². The number of nitrogens with zero attached hydrogens (tertiary/aromatic N) is 1. The van der Waals surface area contributed by atoms with E-state index in [0.29, 0.717) is 17.4 Å². The maximum Gasteiger partial charge on any atom is 0.416 e. The standard InChI is InChI=1S/C19H14F4N2O3/c1-27-16-5-3-2-4-13(16)17-9-15(25-28-17)18(26)24-10-11-6-7-12(20)8-14(11)19(21,22)23/h2-9H,10H2,1H3,(H,24,26). The molecule has 0 aliphatic heterocycles. The van der Waals surface area contributed by atoms with Crippen LogP contribution in [0.5, 0.6) is 5.75 Å². The monoisotopic (exact) mass is 394 g/mol. The summed E-state index contributed by atoms with van der Waals surface area (Å²) in [4.78, 5) is 12.2. The number of benzene rings is 2. The first-order chi connectivity index (χ1) is 13.3. The Morgan fingerprint density at radius 1 is 1.18 bits per heavy atom. The van der Waals surface area contributed by atoms with Crippen LogP contribution in [0.15, 0.2) is 53.1 Å². The van der Waals surface area contributed by atoms with Crippen LogP contribution in [-0.4, -0.2) is 18.2 Å². The molecule has 1 amide bonds. The van der Waals surface area contributed by atoms with Gasteiger partial charge in [0.1, 0.15) is 11.6 Å². The van der Waals surface area contributed by atoms with Gasteiger partial charge < -0.3 is 14.6 Å². The van der Waals surface area contributed by atoms with Gasteiger partial charge in [-0.3, -0.25) is 4.79 Å². The van der Waals surface area contributed by atoms with E-state index in [1.807, 2.05) is 0 Å². The number of amides is 1. The number of halogens is 4. The molecule has 0 aliphatic carbocycles. The Hall–Kier alpha value is -3.36. The minimum absolute atomic E-state index is 0.114. The van der Waals surface area contributed by atoms with Crippen LogP contribution in [0.1, 0.15) is 21.6 Å². The minimum Gasteiger partial charge on any atom is -0.496 e. The smallest absolute Gasteiger partial charge is 0.416 e. The summed E-state index contributed by atoms with van der Waals surface area (Å²) in [5.41, 5.74) is -0.968. The molecule has 0 fully saturated rings. The maximum absolute atomic E-state index is 13.1. The fourth-order valence-corrected chi connectivity index (χ4v) is 2.59. The Balaban J connectivity index is 1.76. The van der Waals surface area contributed by atoms with Crippen molar-refractivity contribution in [1.29, 1.82) is 0 Å². The Morgan fingerprint density at radius 2 is 1.93 bits per heavy atom. The zero-order valence-electron chi connectivity index (χ0n) is 14.5. The second-order valence-corrected chi connectivity index (χ2v) is 5.76. The number of hydrogen-bond acceptors (Lipinski definition) is 4. The van der Waals surface area contributed by atoms with Crippen LogP contribution in [0.4, 0.5) is 17.6 Å². The molecular formula is C19H14F4N2O3. The van der Waals surface area contributed by atoms with Crippen molar-refractivity contribution in [2.75, 3.05) is 7.11 Å². The number of carbonyl (C=O) groups is 1. The number of aromatic nitrogens is 1. The third-order valence-electron chi connectivity index (χ3n) is 3.93. The molecule has 0 unspecified atom stereocenters. The first-order valence-corrected chi connectivity index (χ1v) is 8.03. The van der Waals surface area contributed by atoms with E-state index in [2.05, 4.69) is 10.5 Å². The quantitative estimate of drug-likeness (QED) is 0.650. The molecule has 0 bridgehead atoms. The molecule has 0 saturated carbocycles. The van der Waals surface area contributed by atoms with Crippen molar-refractivity contribution in [2.24, 2.45) is 0 Å². The van der Waals surface area contributed by atoms with Gasteiger partial charge in [-0.15, -0.1) is 0 Å². The lowest BCUT2D eigenvalue weighted by molar-refractivity contribution is -0.138. The lowest BCUT2D eigenvalue weighted by Crippen LogP contribution is -2.24. The van der Waals surface area contributed by atoms with Gasteiger partial charge in [0.25, 0.3) is 5.91 Å². The summed E-state index contributed by atoms with van der Waals surface area (Å²) < 4.78 is 62.5. The molecule has 28 heavy (non-hydrogen) atoms. The third-order valence-corrected chi connectivity index (χ3v) is 3.93. The molecule has 1 N–H and O–H groups in total. The summed E-state index contributed by atoms with van der Waals surface area (Å²) in [6.45, 7) is -0.454. The highest BCUT2D eigenvalue weighted by Crippen LogP contribution is 2.33. The first kappa shape index (κ1) is 19.4. The van der Waals surface area contributed by atoms with Crippen LogP contribution < -0.4 is 10.1 Å². The fraction of sp³-hybridized carbons (Fsp3) is 0.158. The van der Waals surface area contributed by atoms with Gasteiger partial charge in [0, 0.05) is 12.6 Å². The molecule has 0 radical (unpaired) electrons. The number of alkyl halides is 3. The van der Waals surface area contributed by atoms with Crippen LogP contribution >= 0.6 is 0 Å². The van der Waals surface area contributed by atoms with Crippen LogP contribution in [0, 0.1) is 5.82 Å². The fourth-order valence-electron chi connectivity index (χ4n) is 2.59. The normalized spacial score (nSPS) is 11.3. The van der Waals surface area contributed by atoms with Crippen molar-refractivity contribution >= 4 is 5.91 Å². The zero-order valence-corrected chi connectivity index (χ0v) is 14.5. The predicted molar refractivity (Wildman–Crippen MR) is 91.1 cm³/mol. The Morgan fingerprint density at radius 3 is 2.64 bits per heavy atom. The summed E-state index contributed by atoms with van der Waals surface area (Å²) in [5.74, 6) is -0.977. The van der Waals surface area contributed by atoms with Gasteiger partial charge in [0.05, 0.1) is 18.2 Å². The van der Waals surface area contributed by atoms with E-state index in [-0.39, 0.29) is 17.0 Å². The largest absolute Gasteiger partial charge is 0.496 e. The zero-order chi connectivity index (χ0) is 20.3. The summed E-state index contributed by atoms with van der Waals surface area (Å²) in [7, 11) is 1.48. The lowest BCUT2D eigenvalue weighted by atomic mass is 10.1. The molecule has 9 heteroatoms. The summed E-state index contributed by atoms with van der Waals surface area (Å²) in [6, 6.07) is 10.5. The molecule has 2 aromatic carbocycles. The maximum atomic E-state index is 13.1. The van der Waals surface area contributed by atoms with Gasteiger partial charge in [-0.25, -0.2) is 4.39 Å². The van der Waals surface area contributed by atoms with Crippen molar-refractivity contribution in [3.63, 3.8) is 0 Å². The minimum atomic E-state index is -4.74. The first-order valence-electron chi connectivity index (χ1n) is 8.03. The van der Waals surface area contributed by atoms with Crippen molar-refractivity contribution in [3.05, 3.63) is 71.2 Å². The number of hydrogen-bond donors (Lipinski definition) is 1. The van der Waals surface area contributed by atoms with E-state index < -0.39 is 30.0 Å². The average Bonchev–Trinajstić information content (AvgIpc) is 3.16. The van der Waals surface area contributed by atoms with E-state index in [0.717, 1.165) is 12.1 Å². The van der Waals surface area contributed by atoms with Crippen LogP contribution in [0.2, 0.25) is 0 Å². The topological polar surface area (TPSA) is 64.4 Å². The molecule has 0 spiro atoms. The molecule has 3 aromatic rings. The van der Waals surface area contributed by atoms with Gasteiger partial charge in [-0.2, -0.15) is 13.2 Å². The van der Waals surface area contributed by atoms with Gasteiger partial charge in [0.15, 0.2) is 11.5 Å². The number of rotatable bonds is 5. The predicted octanol–water partition coefficient (Wildman–Crippen LogP) is 4.44. The van der Waals surface area contributed by atoms with Crippen LogP contribution in [0.3, 0.4) is 0 Å². The lowest BCUT2D eigenvalue weighted by Gasteiger charge is -2.13. The molecule has 0 saturated heterocycles. The van der Waals surface area contributed by atoms with Crippen molar-refractivity contribution < 1.29 is 31.6 Å². The Labute approximate surface area is 156 Å². The summed E-state index contributed by atoms with van der Waals surface area (Å²) in [6.07, 6.45) is -4.74. The van der Waals surface area contributed by atoms with Gasteiger partial charge >= 0.3 is 6.18 Å². The highest BCUT2D eigenvalue weighted by Gasteiger charge is 2.33.